The molecule has 1 aliphatic heterocycles. The molecule has 1 heterocycles. The van der Waals surface area contributed by atoms with Crippen molar-refractivity contribution in [3.8, 4) is 0 Å². The Morgan fingerprint density at radius 1 is 1.56 bits per heavy atom. The zero-order valence-corrected chi connectivity index (χ0v) is 11.7. The highest BCUT2D eigenvalue weighted by Gasteiger charge is 2.20. The summed E-state index contributed by atoms with van der Waals surface area (Å²) in [7, 11) is 1.55. The van der Waals surface area contributed by atoms with Gasteiger partial charge < -0.3 is 15.8 Å². The summed E-state index contributed by atoms with van der Waals surface area (Å²) in [6, 6.07) is 0.127. The topological polar surface area (TPSA) is 67.6 Å². The summed E-state index contributed by atoms with van der Waals surface area (Å²) >= 11 is 0. The first-order valence-electron chi connectivity index (χ1n) is 6.95. The number of nitrogens with one attached hydrogen (secondary N) is 1. The molecule has 106 valence electrons. The van der Waals surface area contributed by atoms with Crippen LogP contribution in [0, 0.1) is 0 Å². The number of methoxy groups -OCH3 is 1. The number of nitrogens with zero attached hydrogens (tertiary/aromatic N) is 1. The maximum Gasteiger partial charge on any atom is 0.239 e. The Kier molecular flexibility index (Phi) is 7.23. The zero-order valence-electron chi connectivity index (χ0n) is 11.7. The molecule has 0 spiro atoms. The molecule has 1 rings (SSSR count). The monoisotopic (exact) mass is 257 g/mol. The summed E-state index contributed by atoms with van der Waals surface area (Å²) in [5.41, 5.74) is 5.65. The number of nitrogens with two attached hydrogens (primary N) is 1. The number of carbonyl (C=O) groups excluding carboxylic acids is 1. The molecule has 0 bridgehead atoms. The third kappa shape index (κ3) is 4.92. The van der Waals surface area contributed by atoms with Crippen LogP contribution in [0.1, 0.15) is 32.6 Å². The van der Waals surface area contributed by atoms with E-state index in [-0.39, 0.29) is 12.5 Å². The summed E-state index contributed by atoms with van der Waals surface area (Å²) < 4.78 is 4.86. The largest absolute Gasteiger partial charge is 0.383 e. The molecule has 1 fully saturated rings. The highest BCUT2D eigenvalue weighted by atomic mass is 16.5. The van der Waals surface area contributed by atoms with Crippen LogP contribution in [0.25, 0.3) is 0 Å². The lowest BCUT2D eigenvalue weighted by molar-refractivity contribution is -0.123. The molecule has 2 unspecified atom stereocenters. The third-order valence-electron chi connectivity index (χ3n) is 3.60. The van der Waals surface area contributed by atoms with Crippen LogP contribution in [0.15, 0.2) is 0 Å². The van der Waals surface area contributed by atoms with E-state index in [4.69, 9.17) is 10.5 Å². The fourth-order valence-electron chi connectivity index (χ4n) is 2.53. The van der Waals surface area contributed by atoms with Crippen molar-refractivity contribution in [2.24, 2.45) is 5.73 Å². The molecule has 3 N–H and O–H groups in total. The van der Waals surface area contributed by atoms with Gasteiger partial charge in [-0.3, -0.25) is 9.69 Å². The van der Waals surface area contributed by atoms with Crippen molar-refractivity contribution < 1.29 is 9.53 Å². The van der Waals surface area contributed by atoms with E-state index in [2.05, 4.69) is 17.1 Å². The first-order chi connectivity index (χ1) is 8.69. The molecule has 1 aliphatic rings. The van der Waals surface area contributed by atoms with Crippen molar-refractivity contribution in [3.63, 3.8) is 0 Å². The Balaban J connectivity index is 2.21. The number of hydrogen-bond acceptors (Lipinski definition) is 4. The number of hydrogen-bond donors (Lipinski definition) is 2. The Morgan fingerprint density at radius 3 is 3.00 bits per heavy atom. The minimum Gasteiger partial charge on any atom is -0.383 e. The highest BCUT2D eigenvalue weighted by molar-refractivity contribution is 5.81. The van der Waals surface area contributed by atoms with Crippen molar-refractivity contribution in [2.45, 2.75) is 44.7 Å². The van der Waals surface area contributed by atoms with Crippen molar-refractivity contribution >= 4 is 5.91 Å². The molecule has 0 radical (unpaired) electrons. The fraction of sp³-hybridized carbons (Fsp3) is 0.923. The van der Waals surface area contributed by atoms with Crippen LogP contribution in [0.2, 0.25) is 0 Å². The number of amides is 1. The molecule has 1 saturated heterocycles. The van der Waals surface area contributed by atoms with Gasteiger partial charge in [0.25, 0.3) is 0 Å². The fourth-order valence-corrected chi connectivity index (χ4v) is 2.53. The van der Waals surface area contributed by atoms with Gasteiger partial charge in [-0.2, -0.15) is 0 Å². The molecule has 0 aromatic carbocycles. The van der Waals surface area contributed by atoms with Crippen LogP contribution in [0.5, 0.6) is 0 Å². The molecule has 0 saturated carbocycles. The molecule has 0 aromatic rings. The van der Waals surface area contributed by atoms with Crippen molar-refractivity contribution in [1.82, 2.24) is 10.2 Å². The first-order valence-corrected chi connectivity index (χ1v) is 6.95. The maximum absolute atomic E-state index is 11.6. The van der Waals surface area contributed by atoms with Gasteiger partial charge in [0.15, 0.2) is 0 Å². The van der Waals surface area contributed by atoms with Gasteiger partial charge in [0.1, 0.15) is 6.04 Å². The van der Waals surface area contributed by atoms with Crippen molar-refractivity contribution in [3.05, 3.63) is 0 Å². The molecule has 0 aliphatic carbocycles. The predicted molar refractivity (Wildman–Crippen MR) is 72.4 cm³/mol. The van der Waals surface area contributed by atoms with Crippen LogP contribution >= 0.6 is 0 Å². The first kappa shape index (κ1) is 15.4. The van der Waals surface area contributed by atoms with Gasteiger partial charge in [-0.15, -0.1) is 0 Å². The number of carbonyl (C=O) groups is 1. The van der Waals surface area contributed by atoms with Gasteiger partial charge >= 0.3 is 0 Å². The van der Waals surface area contributed by atoms with E-state index in [0.29, 0.717) is 12.6 Å². The Bertz CT molecular complexity index is 248. The molecule has 18 heavy (non-hydrogen) atoms. The van der Waals surface area contributed by atoms with E-state index < -0.39 is 6.04 Å². The van der Waals surface area contributed by atoms with E-state index in [1.54, 1.807) is 7.11 Å². The van der Waals surface area contributed by atoms with Crippen LogP contribution < -0.4 is 11.1 Å². The predicted octanol–water partition coefficient (Wildman–Crippen LogP) is 0.341. The maximum atomic E-state index is 11.6. The van der Waals surface area contributed by atoms with Crippen LogP contribution in [0.3, 0.4) is 0 Å². The Hall–Kier alpha value is -0.650. The number of rotatable bonds is 7. The highest BCUT2D eigenvalue weighted by Crippen LogP contribution is 2.18. The second-order valence-corrected chi connectivity index (χ2v) is 4.95. The van der Waals surface area contributed by atoms with Gasteiger partial charge in [-0.05, 0) is 25.8 Å². The molecular formula is C13H27N3O2. The van der Waals surface area contributed by atoms with E-state index in [9.17, 15) is 4.79 Å². The lowest BCUT2D eigenvalue weighted by Crippen LogP contribution is -2.48. The van der Waals surface area contributed by atoms with Crippen LogP contribution in [-0.2, 0) is 9.53 Å². The number of piperidine rings is 1. The van der Waals surface area contributed by atoms with Gasteiger partial charge in [-0.1, -0.05) is 13.3 Å². The Morgan fingerprint density at radius 2 is 2.33 bits per heavy atom. The summed E-state index contributed by atoms with van der Waals surface area (Å²) in [5, 5.41) is 2.87. The molecule has 1 amide bonds. The number of ether oxygens (including phenoxy) is 1. The SMILES string of the molecule is CCC1CCCCN1CCNC(=O)C(N)COC. The van der Waals surface area contributed by atoms with E-state index in [1.807, 2.05) is 0 Å². The zero-order chi connectivity index (χ0) is 13.4. The number of likely N-dealkylation sites (tertiary alicyclic amines) is 1. The van der Waals surface area contributed by atoms with Crippen molar-refractivity contribution in [1.29, 1.82) is 0 Å². The normalized spacial score (nSPS) is 22.7. The average Bonchev–Trinajstić information content (AvgIpc) is 2.39. The standard InChI is InChI=1S/C13H27N3O2/c1-3-11-6-4-5-8-16(11)9-7-15-13(17)12(14)10-18-2/h11-12H,3-10,14H2,1-2H3,(H,15,17). The van der Waals surface area contributed by atoms with Crippen LogP contribution in [0.4, 0.5) is 0 Å². The molecule has 0 aromatic heterocycles. The Labute approximate surface area is 110 Å². The molecular weight excluding hydrogens is 230 g/mol. The summed E-state index contributed by atoms with van der Waals surface area (Å²) in [5.74, 6) is -0.123. The summed E-state index contributed by atoms with van der Waals surface area (Å²) in [6.45, 7) is 5.25. The van der Waals surface area contributed by atoms with Crippen LogP contribution in [-0.4, -0.2) is 56.2 Å². The van der Waals surface area contributed by atoms with Crippen molar-refractivity contribution in [2.75, 3.05) is 33.4 Å². The second kappa shape index (κ2) is 8.45. The summed E-state index contributed by atoms with van der Waals surface area (Å²) in [4.78, 5) is 14.1. The van der Waals surface area contributed by atoms with Gasteiger partial charge in [0.2, 0.25) is 5.91 Å². The quantitative estimate of drug-likeness (QED) is 0.690. The van der Waals surface area contributed by atoms with E-state index in [1.165, 1.54) is 25.7 Å². The van der Waals surface area contributed by atoms with Gasteiger partial charge in [-0.25, -0.2) is 0 Å². The van der Waals surface area contributed by atoms with E-state index >= 15 is 0 Å². The van der Waals surface area contributed by atoms with Gasteiger partial charge in [0, 0.05) is 26.2 Å². The lowest BCUT2D eigenvalue weighted by Gasteiger charge is -2.35. The third-order valence-corrected chi connectivity index (χ3v) is 3.60. The summed E-state index contributed by atoms with van der Waals surface area (Å²) in [6.07, 6.45) is 5.08. The molecule has 5 nitrogen and oxygen atoms in total. The van der Waals surface area contributed by atoms with Gasteiger partial charge in [0.05, 0.1) is 6.61 Å². The average molecular weight is 257 g/mol. The minimum atomic E-state index is -0.557. The second-order valence-electron chi connectivity index (χ2n) is 4.95. The van der Waals surface area contributed by atoms with E-state index in [0.717, 1.165) is 13.1 Å². The lowest BCUT2D eigenvalue weighted by atomic mass is 10.0. The smallest absolute Gasteiger partial charge is 0.239 e. The minimum absolute atomic E-state index is 0.123. The molecule has 5 heteroatoms. The molecule has 2 atom stereocenters.